The highest BCUT2D eigenvalue weighted by Crippen LogP contribution is 2.27. The van der Waals surface area contributed by atoms with Crippen LogP contribution in [0.2, 0.25) is 0 Å². The maximum Gasteiger partial charge on any atom is 0.342 e. The molecule has 0 amide bonds. The summed E-state index contributed by atoms with van der Waals surface area (Å²) in [6.45, 7) is 2.00. The summed E-state index contributed by atoms with van der Waals surface area (Å²) in [5, 5.41) is 0. The van der Waals surface area contributed by atoms with E-state index in [1.807, 2.05) is 0 Å². The van der Waals surface area contributed by atoms with Gasteiger partial charge in [-0.15, -0.1) is 0 Å². The highest BCUT2D eigenvalue weighted by Gasteiger charge is 2.15. The molecule has 0 radical (unpaired) electrons. The van der Waals surface area contributed by atoms with Gasteiger partial charge >= 0.3 is 5.97 Å². The molecular formula is C10H14N2O3. The zero-order chi connectivity index (χ0) is 11.4. The molecule has 0 bridgehead atoms. The molecule has 15 heavy (non-hydrogen) atoms. The van der Waals surface area contributed by atoms with Gasteiger partial charge in [0.1, 0.15) is 11.3 Å². The van der Waals surface area contributed by atoms with E-state index in [1.165, 1.54) is 19.2 Å². The Labute approximate surface area is 88.0 Å². The minimum Gasteiger partial charge on any atom is -0.497 e. The fraction of sp³-hybridized carbons (Fsp3) is 0.300. The van der Waals surface area contributed by atoms with Crippen molar-refractivity contribution in [3.8, 4) is 5.75 Å². The first-order chi connectivity index (χ1) is 7.10. The molecule has 0 aliphatic heterocycles. The molecule has 1 aromatic carbocycles. The smallest absolute Gasteiger partial charge is 0.342 e. The molecule has 0 fully saturated rings. The van der Waals surface area contributed by atoms with Gasteiger partial charge in [0, 0.05) is 12.1 Å². The summed E-state index contributed by atoms with van der Waals surface area (Å²) in [7, 11) is 1.50. The number of hydrogen-bond donors (Lipinski definition) is 2. The highest BCUT2D eigenvalue weighted by atomic mass is 16.5. The van der Waals surface area contributed by atoms with Gasteiger partial charge in [-0.05, 0) is 6.92 Å². The second-order valence-corrected chi connectivity index (χ2v) is 2.90. The first-order valence-electron chi connectivity index (χ1n) is 4.50. The van der Waals surface area contributed by atoms with E-state index in [0.29, 0.717) is 5.75 Å². The molecule has 0 aliphatic carbocycles. The Kier molecular flexibility index (Phi) is 3.38. The SMILES string of the molecule is CCOC(=O)c1c(N)cc(OC)cc1N. The van der Waals surface area contributed by atoms with Gasteiger partial charge in [-0.2, -0.15) is 0 Å². The van der Waals surface area contributed by atoms with Crippen molar-refractivity contribution in [2.24, 2.45) is 0 Å². The molecule has 0 unspecified atom stereocenters. The van der Waals surface area contributed by atoms with Crippen molar-refractivity contribution < 1.29 is 14.3 Å². The van der Waals surface area contributed by atoms with Crippen LogP contribution in [0.4, 0.5) is 11.4 Å². The van der Waals surface area contributed by atoms with E-state index in [1.54, 1.807) is 6.92 Å². The summed E-state index contributed by atoms with van der Waals surface area (Å²) >= 11 is 0. The number of rotatable bonds is 3. The lowest BCUT2D eigenvalue weighted by Crippen LogP contribution is -2.11. The van der Waals surface area contributed by atoms with Crippen LogP contribution in [0.15, 0.2) is 12.1 Å². The van der Waals surface area contributed by atoms with E-state index in [9.17, 15) is 4.79 Å². The predicted octanol–water partition coefficient (Wildman–Crippen LogP) is 1.04. The average molecular weight is 210 g/mol. The number of methoxy groups -OCH3 is 1. The van der Waals surface area contributed by atoms with Crippen molar-refractivity contribution in [3.63, 3.8) is 0 Å². The van der Waals surface area contributed by atoms with Gasteiger partial charge in [-0.1, -0.05) is 0 Å². The Morgan fingerprint density at radius 2 is 1.87 bits per heavy atom. The van der Waals surface area contributed by atoms with Crippen molar-refractivity contribution >= 4 is 17.3 Å². The number of benzene rings is 1. The molecule has 1 rings (SSSR count). The van der Waals surface area contributed by atoms with Crippen LogP contribution in [0.3, 0.4) is 0 Å². The number of nitrogen functional groups attached to an aromatic ring is 2. The molecule has 0 saturated heterocycles. The van der Waals surface area contributed by atoms with Crippen molar-refractivity contribution in [1.29, 1.82) is 0 Å². The molecule has 0 aliphatic rings. The molecule has 0 atom stereocenters. The largest absolute Gasteiger partial charge is 0.497 e. The van der Waals surface area contributed by atoms with E-state index in [-0.39, 0.29) is 23.5 Å². The molecular weight excluding hydrogens is 196 g/mol. The standard InChI is InChI=1S/C10H14N2O3/c1-3-15-10(13)9-7(11)4-6(14-2)5-8(9)12/h4-5H,3,11-12H2,1-2H3. The van der Waals surface area contributed by atoms with Gasteiger partial charge in [0.05, 0.1) is 25.1 Å². The fourth-order valence-corrected chi connectivity index (χ4v) is 1.22. The lowest BCUT2D eigenvalue weighted by atomic mass is 10.1. The molecule has 4 N–H and O–H groups in total. The minimum atomic E-state index is -0.518. The Bertz CT molecular complexity index is 354. The summed E-state index contributed by atoms with van der Waals surface area (Å²) in [6.07, 6.45) is 0. The summed E-state index contributed by atoms with van der Waals surface area (Å²) < 4.78 is 9.78. The normalized spacial score (nSPS) is 9.73. The van der Waals surface area contributed by atoms with Gasteiger partial charge in [0.2, 0.25) is 0 Å². The summed E-state index contributed by atoms with van der Waals surface area (Å²) in [6, 6.07) is 3.06. The monoisotopic (exact) mass is 210 g/mol. The maximum atomic E-state index is 11.5. The molecule has 0 saturated carbocycles. The number of ether oxygens (including phenoxy) is 2. The topological polar surface area (TPSA) is 87.6 Å². The van der Waals surface area contributed by atoms with Crippen LogP contribution in [-0.2, 0) is 4.74 Å². The van der Waals surface area contributed by atoms with E-state index in [4.69, 9.17) is 20.9 Å². The summed E-state index contributed by atoms with van der Waals surface area (Å²) in [5.74, 6) is -0.00629. The van der Waals surface area contributed by atoms with Crippen LogP contribution in [0.25, 0.3) is 0 Å². The number of carbonyl (C=O) groups excluding carboxylic acids is 1. The van der Waals surface area contributed by atoms with E-state index in [0.717, 1.165) is 0 Å². The van der Waals surface area contributed by atoms with Gasteiger partial charge in [-0.25, -0.2) is 4.79 Å². The van der Waals surface area contributed by atoms with Gasteiger partial charge < -0.3 is 20.9 Å². The van der Waals surface area contributed by atoms with Crippen LogP contribution in [0, 0.1) is 0 Å². The maximum absolute atomic E-state index is 11.5. The molecule has 0 aromatic heterocycles. The molecule has 0 spiro atoms. The zero-order valence-corrected chi connectivity index (χ0v) is 8.74. The highest BCUT2D eigenvalue weighted by molar-refractivity contribution is 6.01. The first-order valence-corrected chi connectivity index (χ1v) is 4.50. The Hall–Kier alpha value is -1.91. The molecule has 5 nitrogen and oxygen atoms in total. The fourth-order valence-electron chi connectivity index (χ4n) is 1.22. The third-order valence-electron chi connectivity index (χ3n) is 1.89. The Balaban J connectivity index is 3.13. The zero-order valence-electron chi connectivity index (χ0n) is 8.74. The summed E-state index contributed by atoms with van der Waals surface area (Å²) in [4.78, 5) is 11.5. The average Bonchev–Trinajstić information content (AvgIpc) is 2.16. The number of carbonyl (C=O) groups is 1. The lowest BCUT2D eigenvalue weighted by Gasteiger charge is -2.10. The second-order valence-electron chi connectivity index (χ2n) is 2.90. The van der Waals surface area contributed by atoms with E-state index in [2.05, 4.69) is 0 Å². The number of anilines is 2. The first kappa shape index (κ1) is 11.2. The third kappa shape index (κ3) is 2.31. The van der Waals surface area contributed by atoms with Crippen molar-refractivity contribution in [3.05, 3.63) is 17.7 Å². The van der Waals surface area contributed by atoms with Crippen molar-refractivity contribution in [2.45, 2.75) is 6.92 Å². The minimum absolute atomic E-state index is 0.192. The van der Waals surface area contributed by atoms with Gasteiger partial charge in [-0.3, -0.25) is 0 Å². The second kappa shape index (κ2) is 4.54. The van der Waals surface area contributed by atoms with Crippen molar-refractivity contribution in [1.82, 2.24) is 0 Å². The predicted molar refractivity (Wildman–Crippen MR) is 57.8 cm³/mol. The van der Waals surface area contributed by atoms with Crippen molar-refractivity contribution in [2.75, 3.05) is 25.2 Å². The third-order valence-corrected chi connectivity index (χ3v) is 1.89. The van der Waals surface area contributed by atoms with Crippen LogP contribution in [0.5, 0.6) is 5.75 Å². The van der Waals surface area contributed by atoms with Crippen LogP contribution in [0.1, 0.15) is 17.3 Å². The van der Waals surface area contributed by atoms with Crippen LogP contribution < -0.4 is 16.2 Å². The lowest BCUT2D eigenvalue weighted by molar-refractivity contribution is 0.0529. The van der Waals surface area contributed by atoms with Gasteiger partial charge in [0.15, 0.2) is 0 Å². The quantitative estimate of drug-likeness (QED) is 0.574. The van der Waals surface area contributed by atoms with E-state index >= 15 is 0 Å². The van der Waals surface area contributed by atoms with Crippen LogP contribution >= 0.6 is 0 Å². The Morgan fingerprint density at radius 3 is 2.27 bits per heavy atom. The Morgan fingerprint density at radius 1 is 1.33 bits per heavy atom. The molecule has 5 heteroatoms. The molecule has 1 aromatic rings. The van der Waals surface area contributed by atoms with Crippen LogP contribution in [-0.4, -0.2) is 19.7 Å². The molecule has 82 valence electrons. The summed E-state index contributed by atoms with van der Waals surface area (Å²) in [5.41, 5.74) is 12.0. The number of hydrogen-bond acceptors (Lipinski definition) is 5. The van der Waals surface area contributed by atoms with E-state index < -0.39 is 5.97 Å². The molecule has 0 heterocycles. The van der Waals surface area contributed by atoms with Gasteiger partial charge in [0.25, 0.3) is 0 Å². The number of esters is 1. The number of nitrogens with two attached hydrogens (primary N) is 2.